The van der Waals surface area contributed by atoms with Crippen molar-refractivity contribution in [2.45, 2.75) is 40.2 Å². The third-order valence-electron chi connectivity index (χ3n) is 3.36. The van der Waals surface area contributed by atoms with Gasteiger partial charge in [0.15, 0.2) is 0 Å². The van der Waals surface area contributed by atoms with Crippen molar-refractivity contribution in [2.24, 2.45) is 17.8 Å². The molecule has 0 unspecified atom stereocenters. The number of urea groups is 1. The molecule has 104 valence electrons. The summed E-state index contributed by atoms with van der Waals surface area (Å²) in [5, 5.41) is 13.5. The lowest BCUT2D eigenvalue weighted by Gasteiger charge is -2.36. The fourth-order valence-electron chi connectivity index (χ4n) is 2.55. The van der Waals surface area contributed by atoms with Crippen LogP contribution >= 0.6 is 0 Å². The van der Waals surface area contributed by atoms with Gasteiger partial charge in [-0.15, -0.1) is 0 Å². The van der Waals surface area contributed by atoms with Crippen molar-refractivity contribution in [2.75, 3.05) is 13.1 Å². The number of carboxylic acids is 1. The van der Waals surface area contributed by atoms with E-state index in [1.54, 1.807) is 18.7 Å². The van der Waals surface area contributed by atoms with Crippen LogP contribution in [-0.2, 0) is 4.79 Å². The molecule has 5 heteroatoms. The SMILES string of the molecule is CC(C)[C@H](NC(=O)N1C[C@@H](C)C[C@H](C)C1)C(=O)[O-]. The Morgan fingerprint density at radius 1 is 1.22 bits per heavy atom. The van der Waals surface area contributed by atoms with E-state index in [2.05, 4.69) is 19.2 Å². The van der Waals surface area contributed by atoms with E-state index in [0.717, 1.165) is 6.42 Å². The largest absolute Gasteiger partial charge is 0.548 e. The zero-order chi connectivity index (χ0) is 13.9. The summed E-state index contributed by atoms with van der Waals surface area (Å²) >= 11 is 0. The lowest BCUT2D eigenvalue weighted by molar-refractivity contribution is -0.309. The number of hydrogen-bond acceptors (Lipinski definition) is 3. The van der Waals surface area contributed by atoms with Crippen molar-refractivity contribution in [1.29, 1.82) is 0 Å². The molecule has 5 nitrogen and oxygen atoms in total. The predicted molar refractivity (Wildman–Crippen MR) is 66.7 cm³/mol. The highest BCUT2D eigenvalue weighted by atomic mass is 16.4. The Kier molecular flexibility index (Phi) is 4.99. The second kappa shape index (κ2) is 6.07. The number of aliphatic carboxylic acids is 1. The number of carbonyl (C=O) groups is 2. The van der Waals surface area contributed by atoms with Crippen molar-refractivity contribution < 1.29 is 14.7 Å². The van der Waals surface area contributed by atoms with Crippen LogP contribution in [0.3, 0.4) is 0 Å². The van der Waals surface area contributed by atoms with Gasteiger partial charge in [-0.3, -0.25) is 0 Å². The van der Waals surface area contributed by atoms with Gasteiger partial charge in [0.25, 0.3) is 0 Å². The summed E-state index contributed by atoms with van der Waals surface area (Å²) in [4.78, 5) is 24.7. The fourth-order valence-corrected chi connectivity index (χ4v) is 2.55. The van der Waals surface area contributed by atoms with Crippen LogP contribution in [0.25, 0.3) is 0 Å². The quantitative estimate of drug-likeness (QED) is 0.795. The minimum atomic E-state index is -1.23. The van der Waals surface area contributed by atoms with Gasteiger partial charge in [-0.25, -0.2) is 4.79 Å². The third-order valence-corrected chi connectivity index (χ3v) is 3.36. The molecule has 18 heavy (non-hydrogen) atoms. The first-order valence-electron chi connectivity index (χ1n) is 6.57. The van der Waals surface area contributed by atoms with Crippen molar-refractivity contribution >= 4 is 12.0 Å². The Labute approximate surface area is 109 Å². The topological polar surface area (TPSA) is 72.5 Å². The van der Waals surface area contributed by atoms with Crippen molar-refractivity contribution in [3.63, 3.8) is 0 Å². The third kappa shape index (κ3) is 3.89. The van der Waals surface area contributed by atoms with Gasteiger partial charge >= 0.3 is 6.03 Å². The molecular formula is C13H23N2O3-. The zero-order valence-electron chi connectivity index (χ0n) is 11.6. The minimum Gasteiger partial charge on any atom is -0.548 e. The highest BCUT2D eigenvalue weighted by Gasteiger charge is 2.27. The molecule has 0 aromatic rings. The Morgan fingerprint density at radius 2 is 1.72 bits per heavy atom. The van der Waals surface area contributed by atoms with Gasteiger partial charge in [0.1, 0.15) is 0 Å². The zero-order valence-corrected chi connectivity index (χ0v) is 11.6. The molecule has 1 N–H and O–H groups in total. The number of amides is 2. The molecule has 2 amide bonds. The van der Waals surface area contributed by atoms with E-state index < -0.39 is 12.0 Å². The molecule has 0 aliphatic carbocycles. The number of nitrogens with zero attached hydrogens (tertiary/aromatic N) is 1. The van der Waals surface area contributed by atoms with Crippen LogP contribution in [0.5, 0.6) is 0 Å². The highest BCUT2D eigenvalue weighted by Crippen LogP contribution is 2.21. The van der Waals surface area contributed by atoms with E-state index in [4.69, 9.17) is 0 Å². The molecule has 1 saturated heterocycles. The minimum absolute atomic E-state index is 0.182. The van der Waals surface area contributed by atoms with Gasteiger partial charge < -0.3 is 20.1 Å². The number of rotatable bonds is 3. The van der Waals surface area contributed by atoms with Crippen molar-refractivity contribution in [3.8, 4) is 0 Å². The first-order chi connectivity index (χ1) is 8.31. The molecule has 0 bridgehead atoms. The summed E-state index contributed by atoms with van der Waals surface area (Å²) in [6, 6.07) is -1.22. The molecular weight excluding hydrogens is 232 g/mol. The number of carboxylic acid groups (broad SMARTS) is 1. The maximum atomic E-state index is 12.0. The Bertz CT molecular complexity index is 307. The number of carbonyl (C=O) groups excluding carboxylic acids is 2. The fraction of sp³-hybridized carbons (Fsp3) is 0.846. The van der Waals surface area contributed by atoms with Crippen molar-refractivity contribution in [3.05, 3.63) is 0 Å². The predicted octanol–water partition coefficient (Wildman–Crippen LogP) is 0.448. The number of likely N-dealkylation sites (tertiary alicyclic amines) is 1. The molecule has 0 radical (unpaired) electrons. The lowest BCUT2D eigenvalue weighted by atomic mass is 9.92. The van der Waals surface area contributed by atoms with Crippen LogP contribution in [0.2, 0.25) is 0 Å². The first kappa shape index (κ1) is 14.8. The van der Waals surface area contributed by atoms with E-state index in [0.29, 0.717) is 24.9 Å². The molecule has 0 spiro atoms. The van der Waals surface area contributed by atoms with Crippen LogP contribution < -0.4 is 10.4 Å². The molecule has 3 atom stereocenters. The molecule has 0 aromatic carbocycles. The molecule has 0 aromatic heterocycles. The van der Waals surface area contributed by atoms with E-state index in [-0.39, 0.29) is 11.9 Å². The van der Waals surface area contributed by atoms with E-state index >= 15 is 0 Å². The second-order valence-corrected chi connectivity index (χ2v) is 5.84. The van der Waals surface area contributed by atoms with Crippen LogP contribution in [0, 0.1) is 17.8 Å². The molecule has 1 heterocycles. The van der Waals surface area contributed by atoms with Crippen LogP contribution in [0.15, 0.2) is 0 Å². The summed E-state index contributed by atoms with van der Waals surface area (Å²) in [6.07, 6.45) is 1.11. The van der Waals surface area contributed by atoms with Gasteiger partial charge in [0, 0.05) is 13.1 Å². The van der Waals surface area contributed by atoms with E-state index in [9.17, 15) is 14.7 Å². The van der Waals surface area contributed by atoms with Crippen LogP contribution in [0.4, 0.5) is 4.79 Å². The normalized spacial score (nSPS) is 25.9. The Morgan fingerprint density at radius 3 is 2.11 bits per heavy atom. The Balaban J connectivity index is 2.61. The van der Waals surface area contributed by atoms with Crippen LogP contribution in [-0.4, -0.2) is 36.0 Å². The maximum absolute atomic E-state index is 12.0. The van der Waals surface area contributed by atoms with Crippen LogP contribution in [0.1, 0.15) is 34.1 Å². The average molecular weight is 255 g/mol. The van der Waals surface area contributed by atoms with Crippen molar-refractivity contribution in [1.82, 2.24) is 10.2 Å². The highest BCUT2D eigenvalue weighted by molar-refractivity contribution is 5.81. The summed E-state index contributed by atoms with van der Waals surface area (Å²) in [5.41, 5.74) is 0. The average Bonchev–Trinajstić information content (AvgIpc) is 2.23. The summed E-state index contributed by atoms with van der Waals surface area (Å²) < 4.78 is 0. The molecule has 1 fully saturated rings. The summed E-state index contributed by atoms with van der Waals surface area (Å²) in [5.74, 6) is -0.491. The molecule has 1 rings (SSSR count). The van der Waals surface area contributed by atoms with Gasteiger partial charge in [-0.1, -0.05) is 27.7 Å². The molecule has 0 saturated carbocycles. The summed E-state index contributed by atoms with van der Waals surface area (Å²) in [7, 11) is 0. The standard InChI is InChI=1S/C13H24N2O3/c1-8(2)11(12(16)17)14-13(18)15-6-9(3)5-10(4)7-15/h8-11H,5-7H2,1-4H3,(H,14,18)(H,16,17)/p-1/t9-,10-,11-/m0/s1. The summed E-state index contributed by atoms with van der Waals surface area (Å²) in [6.45, 7) is 9.09. The smallest absolute Gasteiger partial charge is 0.317 e. The molecule has 1 aliphatic heterocycles. The van der Waals surface area contributed by atoms with Gasteiger partial charge in [0.2, 0.25) is 0 Å². The van der Waals surface area contributed by atoms with Gasteiger partial charge in [-0.05, 0) is 24.2 Å². The lowest BCUT2D eigenvalue weighted by Crippen LogP contribution is -2.56. The Hall–Kier alpha value is -1.26. The number of piperidine rings is 1. The van der Waals surface area contributed by atoms with E-state index in [1.165, 1.54) is 0 Å². The molecule has 1 aliphatic rings. The maximum Gasteiger partial charge on any atom is 0.317 e. The van der Waals surface area contributed by atoms with Gasteiger partial charge in [0.05, 0.1) is 12.0 Å². The number of hydrogen-bond donors (Lipinski definition) is 1. The first-order valence-corrected chi connectivity index (χ1v) is 6.57. The second-order valence-electron chi connectivity index (χ2n) is 5.84. The monoisotopic (exact) mass is 255 g/mol. The number of nitrogens with one attached hydrogen (secondary N) is 1. The van der Waals surface area contributed by atoms with E-state index in [1.807, 2.05) is 0 Å². The van der Waals surface area contributed by atoms with Gasteiger partial charge in [-0.2, -0.15) is 0 Å².